The van der Waals surface area contributed by atoms with Crippen molar-refractivity contribution in [2.24, 2.45) is 5.92 Å². The van der Waals surface area contributed by atoms with E-state index in [2.05, 4.69) is 10.3 Å². The zero-order valence-electron chi connectivity index (χ0n) is 20.4. The Hall–Kier alpha value is -4.33. The van der Waals surface area contributed by atoms with Crippen molar-refractivity contribution in [3.05, 3.63) is 78.2 Å². The predicted molar refractivity (Wildman–Crippen MR) is 136 cm³/mol. The highest BCUT2D eigenvalue weighted by molar-refractivity contribution is 6.01. The van der Waals surface area contributed by atoms with E-state index < -0.39 is 12.0 Å². The van der Waals surface area contributed by atoms with Gasteiger partial charge in [-0.2, -0.15) is 0 Å². The minimum Gasteiger partial charge on any atom is -0.497 e. The molecule has 3 aromatic carbocycles. The van der Waals surface area contributed by atoms with Crippen LogP contribution in [0.25, 0.3) is 11.1 Å². The average Bonchev–Trinajstić information content (AvgIpc) is 3.27. The summed E-state index contributed by atoms with van der Waals surface area (Å²) in [5, 5.41) is 3.03. The van der Waals surface area contributed by atoms with Crippen molar-refractivity contribution in [2.45, 2.75) is 25.8 Å². The van der Waals surface area contributed by atoms with Crippen LogP contribution in [0, 0.1) is 12.8 Å². The number of oxazole rings is 1. The molecule has 5 rings (SSSR count). The molecule has 0 unspecified atom stereocenters. The van der Waals surface area contributed by atoms with Gasteiger partial charge < -0.3 is 24.1 Å². The maximum absolute atomic E-state index is 13.7. The van der Waals surface area contributed by atoms with Crippen LogP contribution in [0.2, 0.25) is 0 Å². The Morgan fingerprint density at radius 3 is 2.58 bits per heavy atom. The van der Waals surface area contributed by atoms with E-state index in [4.69, 9.17) is 13.9 Å². The molecule has 1 aromatic heterocycles. The lowest BCUT2D eigenvalue weighted by Crippen LogP contribution is -2.47. The highest BCUT2D eigenvalue weighted by Gasteiger charge is 2.42. The topological polar surface area (TPSA) is 93.9 Å². The molecule has 1 aliphatic heterocycles. The van der Waals surface area contributed by atoms with Crippen LogP contribution in [-0.4, -0.2) is 31.0 Å². The van der Waals surface area contributed by atoms with E-state index in [1.165, 1.54) is 0 Å². The first-order valence-electron chi connectivity index (χ1n) is 11.8. The molecule has 0 aliphatic carbocycles. The summed E-state index contributed by atoms with van der Waals surface area (Å²) in [5.41, 5.74) is 3.39. The number of rotatable bonds is 6. The number of ether oxygens (including phenoxy) is 2. The Labute approximate surface area is 208 Å². The lowest BCUT2D eigenvalue weighted by Gasteiger charge is -2.41. The molecule has 0 radical (unpaired) electrons. The van der Waals surface area contributed by atoms with Gasteiger partial charge in [-0.25, -0.2) is 4.98 Å². The smallest absolute Gasteiger partial charge is 0.229 e. The van der Waals surface area contributed by atoms with Gasteiger partial charge in [0, 0.05) is 36.3 Å². The minimum absolute atomic E-state index is 0.0568. The molecule has 36 heavy (non-hydrogen) atoms. The Morgan fingerprint density at radius 2 is 1.83 bits per heavy atom. The summed E-state index contributed by atoms with van der Waals surface area (Å²) in [6.07, 6.45) is 0.653. The Balaban J connectivity index is 1.54. The molecular weight excluding hydrogens is 458 g/mol. The predicted octanol–water partition coefficient (Wildman–Crippen LogP) is 5.28. The van der Waals surface area contributed by atoms with Crippen LogP contribution < -0.4 is 19.7 Å². The molecule has 2 amide bonds. The van der Waals surface area contributed by atoms with E-state index in [9.17, 15) is 9.59 Å². The molecule has 1 aliphatic rings. The molecule has 8 heteroatoms. The third-order valence-electron chi connectivity index (χ3n) is 6.51. The molecular formula is C28H27N3O5. The molecule has 0 saturated carbocycles. The summed E-state index contributed by atoms with van der Waals surface area (Å²) in [6.45, 7) is 1.78. The van der Waals surface area contributed by atoms with Gasteiger partial charge in [0.1, 0.15) is 17.0 Å². The second-order valence-electron chi connectivity index (χ2n) is 8.70. The number of hydrogen-bond donors (Lipinski definition) is 1. The van der Waals surface area contributed by atoms with Gasteiger partial charge in [0.05, 0.1) is 26.2 Å². The van der Waals surface area contributed by atoms with Gasteiger partial charge in [-0.15, -0.1) is 0 Å². The van der Waals surface area contributed by atoms with Crippen LogP contribution in [0.15, 0.2) is 71.1 Å². The number of carbonyl (C=O) groups is 2. The minimum atomic E-state index is -0.563. The quantitative estimate of drug-likeness (QED) is 0.400. The molecule has 0 spiro atoms. The monoisotopic (exact) mass is 485 g/mol. The zero-order valence-corrected chi connectivity index (χ0v) is 20.4. The number of fused-ring (bicyclic) bond motifs is 1. The summed E-state index contributed by atoms with van der Waals surface area (Å²) < 4.78 is 16.6. The van der Waals surface area contributed by atoms with Crippen molar-refractivity contribution in [1.29, 1.82) is 0 Å². The number of amides is 2. The van der Waals surface area contributed by atoms with Gasteiger partial charge in [-0.3, -0.25) is 9.59 Å². The maximum atomic E-state index is 13.7. The van der Waals surface area contributed by atoms with Crippen LogP contribution in [0.3, 0.4) is 0 Å². The van der Waals surface area contributed by atoms with Crippen LogP contribution in [-0.2, 0) is 9.59 Å². The van der Waals surface area contributed by atoms with E-state index in [0.29, 0.717) is 40.8 Å². The highest BCUT2D eigenvalue weighted by Crippen LogP contribution is 2.43. The van der Waals surface area contributed by atoms with Crippen LogP contribution in [0.5, 0.6) is 11.5 Å². The summed E-state index contributed by atoms with van der Waals surface area (Å²) in [4.78, 5) is 33.0. The molecule has 2 atom stereocenters. The number of carbonyl (C=O) groups excluding carboxylic acids is 2. The molecule has 0 bridgehead atoms. The van der Waals surface area contributed by atoms with Gasteiger partial charge in [0.2, 0.25) is 11.8 Å². The van der Waals surface area contributed by atoms with Crippen molar-refractivity contribution >= 4 is 34.3 Å². The zero-order chi connectivity index (χ0) is 25.2. The number of methoxy groups -OCH3 is 2. The van der Waals surface area contributed by atoms with Gasteiger partial charge in [0.15, 0.2) is 11.5 Å². The van der Waals surface area contributed by atoms with Crippen molar-refractivity contribution in [1.82, 2.24) is 4.98 Å². The van der Waals surface area contributed by atoms with Crippen molar-refractivity contribution in [3.63, 3.8) is 0 Å². The van der Waals surface area contributed by atoms with Crippen LogP contribution in [0.4, 0.5) is 11.4 Å². The number of hydrogen-bond acceptors (Lipinski definition) is 6. The summed E-state index contributed by atoms with van der Waals surface area (Å²) >= 11 is 0. The fraction of sp³-hybridized carbons (Fsp3) is 0.250. The number of benzene rings is 3. The Morgan fingerprint density at radius 1 is 1.06 bits per heavy atom. The van der Waals surface area contributed by atoms with Crippen molar-refractivity contribution in [3.8, 4) is 11.5 Å². The molecule has 4 aromatic rings. The Kier molecular flexibility index (Phi) is 6.33. The molecule has 184 valence electrons. The summed E-state index contributed by atoms with van der Waals surface area (Å²) in [6, 6.07) is 19.6. The number of anilines is 2. The second-order valence-corrected chi connectivity index (χ2v) is 8.70. The first kappa shape index (κ1) is 23.4. The average molecular weight is 486 g/mol. The fourth-order valence-electron chi connectivity index (χ4n) is 4.83. The van der Waals surface area contributed by atoms with Gasteiger partial charge in [-0.1, -0.05) is 18.2 Å². The lowest BCUT2D eigenvalue weighted by atomic mass is 9.82. The van der Waals surface area contributed by atoms with Gasteiger partial charge in [0.25, 0.3) is 0 Å². The molecule has 8 nitrogen and oxygen atoms in total. The summed E-state index contributed by atoms with van der Waals surface area (Å²) in [7, 11) is 3.18. The van der Waals surface area contributed by atoms with Crippen molar-refractivity contribution in [2.75, 3.05) is 24.4 Å². The maximum Gasteiger partial charge on any atom is 0.229 e. The third kappa shape index (κ3) is 4.37. The standard InChI is InChI=1S/C28H27N3O5/c1-17-29-23-14-8-18(16-25(23)36-17)30-28(33)22-13-15-26(32)31(19-9-11-20(34-2)12-10-19)27(22)21-6-4-5-7-24(21)35-3/h4-12,14,16,22,27H,13,15H2,1-3H3,(H,30,33)/t22-,27+/m0/s1. The molecule has 1 fully saturated rings. The van der Waals surface area contributed by atoms with Gasteiger partial charge in [-0.05, 0) is 48.9 Å². The lowest BCUT2D eigenvalue weighted by molar-refractivity contribution is -0.125. The van der Waals surface area contributed by atoms with Gasteiger partial charge >= 0.3 is 0 Å². The number of aromatic nitrogens is 1. The first-order chi connectivity index (χ1) is 17.5. The van der Waals surface area contributed by atoms with Crippen LogP contribution in [0.1, 0.15) is 30.3 Å². The largest absolute Gasteiger partial charge is 0.497 e. The SMILES string of the molecule is COc1ccc(N2C(=O)CC[C@H](C(=O)Nc3ccc4nc(C)oc4c3)[C@H]2c2ccccc2OC)cc1. The number of nitrogens with zero attached hydrogens (tertiary/aromatic N) is 2. The van der Waals surface area contributed by atoms with E-state index >= 15 is 0 Å². The molecule has 1 N–H and O–H groups in total. The van der Waals surface area contributed by atoms with E-state index in [0.717, 1.165) is 11.1 Å². The van der Waals surface area contributed by atoms with E-state index in [1.807, 2.05) is 42.5 Å². The Bertz CT molecular complexity index is 1410. The van der Waals surface area contributed by atoms with Crippen LogP contribution >= 0.6 is 0 Å². The fourth-order valence-corrected chi connectivity index (χ4v) is 4.83. The highest BCUT2D eigenvalue weighted by atomic mass is 16.5. The first-order valence-corrected chi connectivity index (χ1v) is 11.8. The normalized spacial score (nSPS) is 17.8. The number of aryl methyl sites for hydroxylation is 1. The van der Waals surface area contributed by atoms with Crippen molar-refractivity contribution < 1.29 is 23.5 Å². The van der Waals surface area contributed by atoms with E-state index in [1.54, 1.807) is 50.3 Å². The number of nitrogens with one attached hydrogen (secondary N) is 1. The molecule has 2 heterocycles. The number of piperidine rings is 1. The second kappa shape index (κ2) is 9.73. The third-order valence-corrected chi connectivity index (χ3v) is 6.51. The summed E-state index contributed by atoms with van der Waals surface area (Å²) in [5.74, 6) is 1.10. The van der Waals surface area contributed by atoms with E-state index in [-0.39, 0.29) is 18.2 Å². The number of para-hydroxylation sites is 1. The molecule has 1 saturated heterocycles.